The molecule has 0 aliphatic carbocycles. The number of hydrogen-bond donors (Lipinski definition) is 2. The van der Waals surface area contributed by atoms with Crippen LogP contribution in [-0.4, -0.2) is 55.0 Å². The maximum absolute atomic E-state index is 11.2. The summed E-state index contributed by atoms with van der Waals surface area (Å²) in [5.41, 5.74) is 0. The van der Waals surface area contributed by atoms with E-state index >= 15 is 0 Å². The Hall–Kier alpha value is -0.690. The Bertz CT molecular complexity index is 229. The summed E-state index contributed by atoms with van der Waals surface area (Å²) in [6.07, 6.45) is -4.10. The van der Waals surface area contributed by atoms with Crippen molar-refractivity contribution in [2.75, 3.05) is 14.2 Å². The average molecular weight is 220 g/mol. The predicted octanol–water partition coefficient (Wildman–Crippen LogP) is -1.11. The lowest BCUT2D eigenvalue weighted by molar-refractivity contribution is -0.274. The minimum atomic E-state index is -1.11. The molecule has 1 saturated heterocycles. The van der Waals surface area contributed by atoms with Gasteiger partial charge in [-0.2, -0.15) is 0 Å². The zero-order chi connectivity index (χ0) is 11.6. The van der Waals surface area contributed by atoms with Crippen LogP contribution in [0.5, 0.6) is 0 Å². The first-order valence-electron chi connectivity index (χ1n) is 4.65. The van der Waals surface area contributed by atoms with E-state index < -0.39 is 36.5 Å². The molecule has 2 N–H and O–H groups in total. The lowest BCUT2D eigenvalue weighted by Gasteiger charge is -2.39. The Balaban J connectivity index is 2.78. The Morgan fingerprint density at radius 1 is 1.27 bits per heavy atom. The Kier molecular flexibility index (Phi) is 4.04. The van der Waals surface area contributed by atoms with Crippen LogP contribution in [0.1, 0.15) is 6.92 Å². The van der Waals surface area contributed by atoms with Crippen molar-refractivity contribution < 1.29 is 29.2 Å². The summed E-state index contributed by atoms with van der Waals surface area (Å²) in [4.78, 5) is 11.2. The number of esters is 1. The zero-order valence-electron chi connectivity index (χ0n) is 8.91. The number of aliphatic hydroxyl groups is 2. The molecular formula is C9H16O6. The first kappa shape index (κ1) is 12.4. The first-order chi connectivity index (χ1) is 7.02. The summed E-state index contributed by atoms with van der Waals surface area (Å²) in [6, 6.07) is 0. The molecule has 1 aliphatic rings. The van der Waals surface area contributed by atoms with E-state index in [1.54, 1.807) is 6.92 Å². The van der Waals surface area contributed by atoms with E-state index in [4.69, 9.17) is 9.47 Å². The molecular weight excluding hydrogens is 204 g/mol. The largest absolute Gasteiger partial charge is 0.467 e. The summed E-state index contributed by atoms with van der Waals surface area (Å²) in [7, 11) is 2.56. The minimum absolute atomic E-state index is 0.521. The van der Waals surface area contributed by atoms with Crippen LogP contribution in [0.25, 0.3) is 0 Å². The van der Waals surface area contributed by atoms with E-state index in [1.807, 2.05) is 0 Å². The highest BCUT2D eigenvalue weighted by atomic mass is 16.7. The van der Waals surface area contributed by atoms with Crippen molar-refractivity contribution in [3.8, 4) is 0 Å². The quantitative estimate of drug-likeness (QED) is 0.574. The fourth-order valence-corrected chi connectivity index (χ4v) is 1.54. The molecule has 0 bridgehead atoms. The lowest BCUT2D eigenvalue weighted by Crippen LogP contribution is -2.56. The monoisotopic (exact) mass is 220 g/mol. The van der Waals surface area contributed by atoms with Crippen LogP contribution in [0, 0.1) is 5.92 Å². The van der Waals surface area contributed by atoms with Crippen LogP contribution in [0.4, 0.5) is 0 Å². The Labute approximate surface area is 87.7 Å². The molecule has 0 aromatic rings. The van der Waals surface area contributed by atoms with Crippen LogP contribution >= 0.6 is 0 Å². The van der Waals surface area contributed by atoms with E-state index in [0.717, 1.165) is 0 Å². The molecule has 1 fully saturated rings. The van der Waals surface area contributed by atoms with Crippen molar-refractivity contribution in [3.63, 3.8) is 0 Å². The third kappa shape index (κ3) is 2.28. The SMILES string of the molecule is COC(=O)C1OC(OC)C(O)[C@@H](C)[C@@H]1O. The number of aliphatic hydroxyl groups excluding tert-OH is 2. The molecule has 0 aromatic carbocycles. The summed E-state index contributed by atoms with van der Waals surface area (Å²) in [5, 5.41) is 19.3. The molecule has 1 rings (SSSR count). The predicted molar refractivity (Wildman–Crippen MR) is 48.9 cm³/mol. The minimum Gasteiger partial charge on any atom is -0.467 e. The van der Waals surface area contributed by atoms with Gasteiger partial charge in [0.05, 0.1) is 13.2 Å². The average Bonchev–Trinajstić information content (AvgIpc) is 2.25. The molecule has 6 heteroatoms. The highest BCUT2D eigenvalue weighted by molar-refractivity contribution is 5.75. The van der Waals surface area contributed by atoms with Gasteiger partial charge in [-0.05, 0) is 0 Å². The van der Waals surface area contributed by atoms with Crippen molar-refractivity contribution in [2.24, 2.45) is 5.92 Å². The summed E-state index contributed by atoms with van der Waals surface area (Å²) in [6.45, 7) is 1.61. The number of carbonyl (C=O) groups is 1. The van der Waals surface area contributed by atoms with Gasteiger partial charge in [0, 0.05) is 13.0 Å². The smallest absolute Gasteiger partial charge is 0.337 e. The van der Waals surface area contributed by atoms with Crippen LogP contribution in [0.15, 0.2) is 0 Å². The van der Waals surface area contributed by atoms with E-state index in [2.05, 4.69) is 4.74 Å². The zero-order valence-corrected chi connectivity index (χ0v) is 8.91. The third-order valence-corrected chi connectivity index (χ3v) is 2.61. The number of carbonyl (C=O) groups excluding carboxylic acids is 1. The third-order valence-electron chi connectivity index (χ3n) is 2.61. The van der Waals surface area contributed by atoms with Crippen molar-refractivity contribution in [1.29, 1.82) is 0 Å². The summed E-state index contributed by atoms with van der Waals surface area (Å²) < 4.78 is 14.4. The molecule has 0 radical (unpaired) electrons. The van der Waals surface area contributed by atoms with Crippen molar-refractivity contribution in [1.82, 2.24) is 0 Å². The number of hydrogen-bond acceptors (Lipinski definition) is 6. The van der Waals surface area contributed by atoms with E-state index in [9.17, 15) is 15.0 Å². The van der Waals surface area contributed by atoms with Crippen molar-refractivity contribution in [2.45, 2.75) is 31.5 Å². The molecule has 0 saturated carbocycles. The topological polar surface area (TPSA) is 85.2 Å². The lowest BCUT2D eigenvalue weighted by atomic mass is 9.91. The fourth-order valence-electron chi connectivity index (χ4n) is 1.54. The van der Waals surface area contributed by atoms with E-state index in [-0.39, 0.29) is 0 Å². The fraction of sp³-hybridized carbons (Fsp3) is 0.889. The second-order valence-electron chi connectivity index (χ2n) is 3.52. The first-order valence-corrected chi connectivity index (χ1v) is 4.65. The van der Waals surface area contributed by atoms with Crippen LogP contribution < -0.4 is 0 Å². The second-order valence-corrected chi connectivity index (χ2v) is 3.52. The van der Waals surface area contributed by atoms with Gasteiger partial charge in [0.2, 0.25) is 0 Å². The molecule has 15 heavy (non-hydrogen) atoms. The molecule has 6 nitrogen and oxygen atoms in total. The van der Waals surface area contributed by atoms with E-state index in [0.29, 0.717) is 0 Å². The van der Waals surface area contributed by atoms with Crippen LogP contribution in [0.2, 0.25) is 0 Å². The number of ether oxygens (including phenoxy) is 3. The molecule has 1 aliphatic heterocycles. The van der Waals surface area contributed by atoms with Crippen molar-refractivity contribution in [3.05, 3.63) is 0 Å². The van der Waals surface area contributed by atoms with Gasteiger partial charge in [-0.1, -0.05) is 6.92 Å². The molecule has 3 unspecified atom stereocenters. The highest BCUT2D eigenvalue weighted by Gasteiger charge is 2.45. The van der Waals surface area contributed by atoms with Gasteiger partial charge in [-0.15, -0.1) is 0 Å². The summed E-state index contributed by atoms with van der Waals surface area (Å²) in [5.74, 6) is -1.20. The van der Waals surface area contributed by atoms with Gasteiger partial charge >= 0.3 is 5.97 Å². The Morgan fingerprint density at radius 3 is 2.33 bits per heavy atom. The standard InChI is InChI=1S/C9H16O6/c1-4-5(10)7(8(12)13-2)15-9(14-3)6(4)11/h4-7,9-11H,1-3H3/t4-,5-,6?,7?,9?/m0/s1. The van der Waals surface area contributed by atoms with Gasteiger partial charge in [0.1, 0.15) is 6.10 Å². The number of rotatable bonds is 2. The maximum atomic E-state index is 11.2. The molecule has 1 heterocycles. The van der Waals surface area contributed by atoms with Gasteiger partial charge in [0.15, 0.2) is 12.4 Å². The molecule has 5 atom stereocenters. The normalized spacial score (nSPS) is 41.3. The van der Waals surface area contributed by atoms with Gasteiger partial charge in [-0.3, -0.25) is 0 Å². The van der Waals surface area contributed by atoms with Crippen LogP contribution in [-0.2, 0) is 19.0 Å². The molecule has 0 aromatic heterocycles. The number of methoxy groups -OCH3 is 2. The molecule has 0 amide bonds. The molecule has 88 valence electrons. The molecule has 0 spiro atoms. The van der Waals surface area contributed by atoms with Gasteiger partial charge in [0.25, 0.3) is 0 Å². The Morgan fingerprint density at radius 2 is 1.87 bits per heavy atom. The van der Waals surface area contributed by atoms with E-state index in [1.165, 1.54) is 14.2 Å². The highest BCUT2D eigenvalue weighted by Crippen LogP contribution is 2.26. The second kappa shape index (κ2) is 4.89. The van der Waals surface area contributed by atoms with Crippen LogP contribution in [0.3, 0.4) is 0 Å². The summed E-state index contributed by atoms with van der Waals surface area (Å²) >= 11 is 0. The van der Waals surface area contributed by atoms with Gasteiger partial charge < -0.3 is 24.4 Å². The van der Waals surface area contributed by atoms with Gasteiger partial charge in [-0.25, -0.2) is 4.79 Å². The van der Waals surface area contributed by atoms with Crippen molar-refractivity contribution >= 4 is 5.97 Å². The maximum Gasteiger partial charge on any atom is 0.337 e.